The number of ether oxygens (including phenoxy) is 1. The molecule has 1 saturated heterocycles. The lowest BCUT2D eigenvalue weighted by Gasteiger charge is -2.14. The lowest BCUT2D eigenvalue weighted by Crippen LogP contribution is -2.23. The van der Waals surface area contributed by atoms with E-state index < -0.39 is 0 Å². The van der Waals surface area contributed by atoms with Gasteiger partial charge in [-0.05, 0) is 18.1 Å². The van der Waals surface area contributed by atoms with Crippen molar-refractivity contribution in [3.63, 3.8) is 0 Å². The van der Waals surface area contributed by atoms with E-state index in [-0.39, 0.29) is 12.0 Å². The second-order valence-electron chi connectivity index (χ2n) is 6.01. The molecule has 1 aliphatic heterocycles. The lowest BCUT2D eigenvalue weighted by atomic mass is 10.2. The molecule has 0 radical (unpaired) electrons. The van der Waals surface area contributed by atoms with E-state index in [4.69, 9.17) is 9.15 Å². The number of nitrogens with zero attached hydrogens (tertiary/aromatic N) is 4. The standard InChI is InChI=1S/C16H22N4O2/c1-12(2)16-19-18-15(22-16)10-20-7-5-14(9-20)21-11-13-4-3-6-17-8-13/h3-4,6,8,12,14H,5,7,9-11H2,1-2H3. The molecule has 22 heavy (non-hydrogen) atoms. The van der Waals surface area contributed by atoms with E-state index in [0.29, 0.717) is 24.9 Å². The van der Waals surface area contributed by atoms with Gasteiger partial charge in [0.2, 0.25) is 11.8 Å². The quantitative estimate of drug-likeness (QED) is 0.816. The third-order valence-electron chi connectivity index (χ3n) is 3.77. The molecule has 1 aliphatic rings. The molecule has 0 bridgehead atoms. The molecule has 1 atom stereocenters. The fraction of sp³-hybridized carbons (Fsp3) is 0.562. The molecule has 3 rings (SSSR count). The first-order valence-electron chi connectivity index (χ1n) is 7.76. The van der Waals surface area contributed by atoms with E-state index in [9.17, 15) is 0 Å². The predicted molar refractivity (Wildman–Crippen MR) is 81.1 cm³/mol. The second kappa shape index (κ2) is 6.98. The van der Waals surface area contributed by atoms with Crippen LogP contribution in [-0.2, 0) is 17.9 Å². The van der Waals surface area contributed by atoms with E-state index in [1.807, 2.05) is 18.3 Å². The molecule has 0 saturated carbocycles. The fourth-order valence-electron chi connectivity index (χ4n) is 2.53. The van der Waals surface area contributed by atoms with Crippen molar-refractivity contribution in [2.75, 3.05) is 13.1 Å². The van der Waals surface area contributed by atoms with Gasteiger partial charge < -0.3 is 9.15 Å². The minimum atomic E-state index is 0.257. The molecule has 0 aromatic carbocycles. The van der Waals surface area contributed by atoms with Gasteiger partial charge in [-0.2, -0.15) is 0 Å². The van der Waals surface area contributed by atoms with Gasteiger partial charge in [0.1, 0.15) is 0 Å². The Morgan fingerprint density at radius 3 is 3.05 bits per heavy atom. The molecule has 6 nitrogen and oxygen atoms in total. The van der Waals surface area contributed by atoms with Crippen LogP contribution < -0.4 is 0 Å². The zero-order valence-corrected chi connectivity index (χ0v) is 13.1. The van der Waals surface area contributed by atoms with Gasteiger partial charge in [-0.25, -0.2) is 0 Å². The molecule has 3 heterocycles. The Bertz CT molecular complexity index is 585. The second-order valence-corrected chi connectivity index (χ2v) is 6.01. The molecule has 2 aromatic heterocycles. The van der Waals surface area contributed by atoms with Crippen molar-refractivity contribution < 1.29 is 9.15 Å². The van der Waals surface area contributed by atoms with Crippen LogP contribution in [0.25, 0.3) is 0 Å². The van der Waals surface area contributed by atoms with Gasteiger partial charge >= 0.3 is 0 Å². The monoisotopic (exact) mass is 302 g/mol. The number of rotatable bonds is 6. The highest BCUT2D eigenvalue weighted by molar-refractivity contribution is 5.06. The van der Waals surface area contributed by atoms with Crippen LogP contribution in [0.4, 0.5) is 0 Å². The summed E-state index contributed by atoms with van der Waals surface area (Å²) in [4.78, 5) is 6.40. The van der Waals surface area contributed by atoms with Crippen molar-refractivity contribution in [3.8, 4) is 0 Å². The molecule has 0 aliphatic carbocycles. The lowest BCUT2D eigenvalue weighted by molar-refractivity contribution is 0.0454. The zero-order valence-electron chi connectivity index (χ0n) is 13.1. The van der Waals surface area contributed by atoms with Crippen LogP contribution in [0, 0.1) is 0 Å². The summed E-state index contributed by atoms with van der Waals surface area (Å²) in [7, 11) is 0. The smallest absolute Gasteiger partial charge is 0.230 e. The van der Waals surface area contributed by atoms with E-state index >= 15 is 0 Å². The third kappa shape index (κ3) is 3.90. The highest BCUT2D eigenvalue weighted by Crippen LogP contribution is 2.18. The van der Waals surface area contributed by atoms with Gasteiger partial charge in [0.05, 0.1) is 19.3 Å². The van der Waals surface area contributed by atoms with Gasteiger partial charge in [0.15, 0.2) is 0 Å². The summed E-state index contributed by atoms with van der Waals surface area (Å²) in [5, 5.41) is 8.18. The van der Waals surface area contributed by atoms with E-state index in [1.54, 1.807) is 6.20 Å². The maximum Gasteiger partial charge on any atom is 0.230 e. The van der Waals surface area contributed by atoms with Crippen LogP contribution in [-0.4, -0.2) is 39.3 Å². The minimum absolute atomic E-state index is 0.257. The van der Waals surface area contributed by atoms with Crippen molar-refractivity contribution in [2.24, 2.45) is 0 Å². The fourth-order valence-corrected chi connectivity index (χ4v) is 2.53. The maximum atomic E-state index is 5.95. The summed E-state index contributed by atoms with van der Waals surface area (Å²) in [6.45, 7) is 7.32. The van der Waals surface area contributed by atoms with Crippen molar-refractivity contribution in [1.82, 2.24) is 20.1 Å². The number of hydrogen-bond donors (Lipinski definition) is 0. The van der Waals surface area contributed by atoms with Gasteiger partial charge in [0.25, 0.3) is 0 Å². The summed E-state index contributed by atoms with van der Waals surface area (Å²) in [5.41, 5.74) is 1.11. The maximum absolute atomic E-state index is 5.95. The first kappa shape index (κ1) is 15.1. The van der Waals surface area contributed by atoms with Crippen LogP contribution >= 0.6 is 0 Å². The number of aromatic nitrogens is 3. The third-order valence-corrected chi connectivity index (χ3v) is 3.77. The summed E-state index contributed by atoms with van der Waals surface area (Å²) in [6.07, 6.45) is 4.91. The van der Waals surface area contributed by atoms with Crippen LogP contribution in [0.1, 0.15) is 43.5 Å². The Kier molecular flexibility index (Phi) is 4.80. The molecule has 0 spiro atoms. The van der Waals surface area contributed by atoms with Crippen LogP contribution in [0.2, 0.25) is 0 Å². The van der Waals surface area contributed by atoms with Crippen molar-refractivity contribution in [2.45, 2.75) is 45.4 Å². The number of pyridine rings is 1. The van der Waals surface area contributed by atoms with E-state index in [1.165, 1.54) is 0 Å². The number of likely N-dealkylation sites (tertiary alicyclic amines) is 1. The van der Waals surface area contributed by atoms with Gasteiger partial charge in [-0.3, -0.25) is 9.88 Å². The molecule has 1 unspecified atom stereocenters. The summed E-state index contributed by atoms with van der Waals surface area (Å²) < 4.78 is 11.6. The van der Waals surface area contributed by atoms with Gasteiger partial charge in [-0.1, -0.05) is 19.9 Å². The Morgan fingerprint density at radius 1 is 1.41 bits per heavy atom. The van der Waals surface area contributed by atoms with E-state index in [0.717, 1.165) is 25.1 Å². The average Bonchev–Trinajstić information content (AvgIpc) is 3.16. The summed E-state index contributed by atoms with van der Waals surface area (Å²) in [6, 6.07) is 3.97. The molecular formula is C16H22N4O2. The van der Waals surface area contributed by atoms with Gasteiger partial charge in [-0.15, -0.1) is 10.2 Å². The zero-order chi connectivity index (χ0) is 15.4. The largest absolute Gasteiger partial charge is 0.424 e. The van der Waals surface area contributed by atoms with Gasteiger partial charge in [0, 0.05) is 31.4 Å². The molecule has 118 valence electrons. The summed E-state index contributed by atoms with van der Waals surface area (Å²) in [5.74, 6) is 1.67. The minimum Gasteiger partial charge on any atom is -0.424 e. The molecular weight excluding hydrogens is 280 g/mol. The molecule has 0 N–H and O–H groups in total. The highest BCUT2D eigenvalue weighted by Gasteiger charge is 2.24. The van der Waals surface area contributed by atoms with Crippen molar-refractivity contribution in [3.05, 3.63) is 41.9 Å². The first-order chi connectivity index (χ1) is 10.7. The van der Waals surface area contributed by atoms with Crippen LogP contribution in [0.5, 0.6) is 0 Å². The SMILES string of the molecule is CC(C)c1nnc(CN2CCC(OCc3cccnc3)C2)o1. The Labute approximate surface area is 130 Å². The molecule has 1 fully saturated rings. The Morgan fingerprint density at radius 2 is 2.32 bits per heavy atom. The Hall–Kier alpha value is -1.79. The number of hydrogen-bond acceptors (Lipinski definition) is 6. The normalized spacial score (nSPS) is 19.1. The molecule has 2 aromatic rings. The highest BCUT2D eigenvalue weighted by atomic mass is 16.5. The van der Waals surface area contributed by atoms with Crippen molar-refractivity contribution in [1.29, 1.82) is 0 Å². The summed E-state index contributed by atoms with van der Waals surface area (Å²) >= 11 is 0. The Balaban J connectivity index is 1.45. The first-order valence-corrected chi connectivity index (χ1v) is 7.76. The predicted octanol–water partition coefficient (Wildman–Crippen LogP) is 2.38. The molecule has 0 amide bonds. The molecule has 6 heteroatoms. The average molecular weight is 302 g/mol. The van der Waals surface area contributed by atoms with Crippen molar-refractivity contribution >= 4 is 0 Å². The van der Waals surface area contributed by atoms with Crippen LogP contribution in [0.15, 0.2) is 28.9 Å². The van der Waals surface area contributed by atoms with E-state index in [2.05, 4.69) is 33.9 Å². The topological polar surface area (TPSA) is 64.3 Å². The van der Waals surface area contributed by atoms with Crippen LogP contribution in [0.3, 0.4) is 0 Å².